The lowest BCUT2D eigenvalue weighted by Crippen LogP contribution is -2.30. The highest BCUT2D eigenvalue weighted by atomic mass is 31.2. The van der Waals surface area contributed by atoms with Gasteiger partial charge in [-0.15, -0.1) is 0 Å². The molecule has 552 valence electrons. The van der Waals surface area contributed by atoms with Crippen LogP contribution in [0.5, 0.6) is 0 Å². The van der Waals surface area contributed by atoms with Gasteiger partial charge in [-0.05, 0) is 43.4 Å². The van der Waals surface area contributed by atoms with Crippen molar-refractivity contribution in [2.24, 2.45) is 17.8 Å². The molecule has 0 amide bonds. The molecule has 0 saturated heterocycles. The summed E-state index contributed by atoms with van der Waals surface area (Å²) in [5, 5.41) is 10.6. The minimum absolute atomic E-state index is 0.106. The van der Waals surface area contributed by atoms with Gasteiger partial charge >= 0.3 is 39.5 Å². The smallest absolute Gasteiger partial charge is 0.462 e. The Balaban J connectivity index is 5.25. The van der Waals surface area contributed by atoms with Gasteiger partial charge < -0.3 is 33.8 Å². The van der Waals surface area contributed by atoms with Crippen molar-refractivity contribution in [2.75, 3.05) is 39.6 Å². The number of carbonyl (C=O) groups excluding carboxylic acids is 4. The molecule has 3 N–H and O–H groups in total. The molecule has 0 spiro atoms. The summed E-state index contributed by atoms with van der Waals surface area (Å²) in [5.41, 5.74) is 0. The van der Waals surface area contributed by atoms with E-state index in [2.05, 4.69) is 48.5 Å². The van der Waals surface area contributed by atoms with Crippen LogP contribution in [-0.2, 0) is 65.4 Å². The zero-order valence-corrected chi connectivity index (χ0v) is 62.5. The van der Waals surface area contributed by atoms with Crippen LogP contribution in [0.15, 0.2) is 0 Å². The first-order chi connectivity index (χ1) is 44.7. The van der Waals surface area contributed by atoms with Crippen molar-refractivity contribution in [3.63, 3.8) is 0 Å². The summed E-state index contributed by atoms with van der Waals surface area (Å²) in [6.45, 7) is 11.9. The van der Waals surface area contributed by atoms with E-state index in [1.54, 1.807) is 0 Å². The van der Waals surface area contributed by atoms with E-state index in [1.807, 2.05) is 0 Å². The fourth-order valence-electron chi connectivity index (χ4n) is 11.2. The van der Waals surface area contributed by atoms with Gasteiger partial charge in [-0.3, -0.25) is 37.3 Å². The highest BCUT2D eigenvalue weighted by Gasteiger charge is 2.30. The third-order valence-corrected chi connectivity index (χ3v) is 19.0. The molecule has 0 heterocycles. The lowest BCUT2D eigenvalue weighted by molar-refractivity contribution is -0.161. The summed E-state index contributed by atoms with van der Waals surface area (Å²) in [7, 11) is -9.91. The lowest BCUT2D eigenvalue weighted by atomic mass is 10.0. The topological polar surface area (TPSA) is 237 Å². The number of aliphatic hydroxyl groups is 1. The lowest BCUT2D eigenvalue weighted by Gasteiger charge is -2.21. The summed E-state index contributed by atoms with van der Waals surface area (Å²) < 4.78 is 68.4. The van der Waals surface area contributed by atoms with Gasteiger partial charge in [0.15, 0.2) is 12.2 Å². The molecule has 0 fully saturated rings. The molecule has 0 aromatic carbocycles. The maximum Gasteiger partial charge on any atom is 0.472 e. The molecular weight excluding hydrogens is 1220 g/mol. The first-order valence-corrected chi connectivity index (χ1v) is 41.3. The van der Waals surface area contributed by atoms with Crippen molar-refractivity contribution in [3.8, 4) is 0 Å². The maximum absolute atomic E-state index is 13.1. The maximum atomic E-state index is 13.1. The highest BCUT2D eigenvalue weighted by Crippen LogP contribution is 2.45. The van der Waals surface area contributed by atoms with Crippen LogP contribution in [0.4, 0.5) is 0 Å². The van der Waals surface area contributed by atoms with E-state index in [0.717, 1.165) is 108 Å². The van der Waals surface area contributed by atoms with Gasteiger partial charge in [-0.1, -0.05) is 325 Å². The molecule has 5 atom stereocenters. The minimum Gasteiger partial charge on any atom is -0.462 e. The normalized spacial score (nSPS) is 14.1. The minimum atomic E-state index is -4.96. The van der Waals surface area contributed by atoms with Crippen molar-refractivity contribution >= 4 is 39.5 Å². The van der Waals surface area contributed by atoms with Crippen LogP contribution in [0.3, 0.4) is 0 Å². The first-order valence-electron chi connectivity index (χ1n) is 38.3. The van der Waals surface area contributed by atoms with E-state index in [0.29, 0.717) is 31.6 Å². The number of esters is 4. The standard InChI is InChI=1S/C74H144O17P2/c1-8-9-10-11-12-13-14-22-28-35-43-50-57-73(78)91-70(62-85-72(77)56-49-42-37-30-33-40-47-54-67(6)7)64-89-93(82,83)87-60-68(75)59-86-92(80,81)88-63-69(61-84-71(76)55-48-41-34-27-24-19-21-26-32-39-46-53-66(4)5)90-74(79)58-51-44-36-29-23-18-16-15-17-20-25-31-38-45-52-65(2)3/h65-70,75H,8-64H2,1-7H3,(H,80,81)(H,82,83)/t68-,69-,70-/m1/s1. The molecule has 0 aliphatic carbocycles. The molecule has 0 aromatic rings. The molecule has 17 nitrogen and oxygen atoms in total. The molecule has 0 aliphatic heterocycles. The largest absolute Gasteiger partial charge is 0.472 e. The molecule has 0 aliphatic rings. The summed E-state index contributed by atoms with van der Waals surface area (Å²) in [6.07, 6.45) is 49.9. The second-order valence-electron chi connectivity index (χ2n) is 28.1. The van der Waals surface area contributed by atoms with Gasteiger partial charge in [0.05, 0.1) is 26.4 Å². The quantitative estimate of drug-likeness (QED) is 0.0222. The highest BCUT2D eigenvalue weighted by molar-refractivity contribution is 7.47. The van der Waals surface area contributed by atoms with Crippen LogP contribution in [0.2, 0.25) is 0 Å². The number of aliphatic hydroxyl groups excluding tert-OH is 1. The fraction of sp³-hybridized carbons (Fsp3) is 0.946. The number of phosphoric acid groups is 2. The van der Waals surface area contributed by atoms with Gasteiger partial charge in [-0.2, -0.15) is 0 Å². The Bertz CT molecular complexity index is 1820. The van der Waals surface area contributed by atoms with E-state index >= 15 is 0 Å². The molecule has 0 saturated carbocycles. The third-order valence-electron chi connectivity index (χ3n) is 17.1. The number of hydrogen-bond acceptors (Lipinski definition) is 15. The predicted molar refractivity (Wildman–Crippen MR) is 377 cm³/mol. The number of carbonyl (C=O) groups is 4. The zero-order valence-electron chi connectivity index (χ0n) is 60.7. The summed E-state index contributed by atoms with van der Waals surface area (Å²) in [6, 6.07) is 0. The van der Waals surface area contributed by atoms with Crippen LogP contribution in [0.1, 0.15) is 376 Å². The number of ether oxygens (including phenoxy) is 4. The summed E-state index contributed by atoms with van der Waals surface area (Å²) in [5.74, 6) is 0.151. The van der Waals surface area contributed by atoms with E-state index in [4.69, 9.17) is 37.0 Å². The predicted octanol–water partition coefficient (Wildman–Crippen LogP) is 21.4. The molecule has 2 unspecified atom stereocenters. The van der Waals surface area contributed by atoms with Crippen LogP contribution in [0, 0.1) is 17.8 Å². The van der Waals surface area contributed by atoms with Gasteiger partial charge in [0.2, 0.25) is 0 Å². The van der Waals surface area contributed by atoms with E-state index in [-0.39, 0.29) is 25.7 Å². The van der Waals surface area contributed by atoms with Crippen LogP contribution >= 0.6 is 15.6 Å². The average Bonchev–Trinajstić information content (AvgIpc) is 2.34. The number of rotatable bonds is 72. The molecule has 0 rings (SSSR count). The molecule has 19 heteroatoms. The van der Waals surface area contributed by atoms with Crippen molar-refractivity contribution in [1.29, 1.82) is 0 Å². The number of unbranched alkanes of at least 4 members (excludes halogenated alkanes) is 40. The zero-order chi connectivity index (χ0) is 68.7. The molecule has 93 heavy (non-hydrogen) atoms. The Kier molecular flexibility index (Phi) is 63.4. The molecule has 0 radical (unpaired) electrons. The van der Waals surface area contributed by atoms with Gasteiger partial charge in [0.25, 0.3) is 0 Å². The Morgan fingerprint density at radius 3 is 0.731 bits per heavy atom. The fourth-order valence-corrected chi connectivity index (χ4v) is 12.8. The summed E-state index contributed by atoms with van der Waals surface area (Å²) >= 11 is 0. The Morgan fingerprint density at radius 2 is 0.495 bits per heavy atom. The van der Waals surface area contributed by atoms with Crippen molar-refractivity contribution in [3.05, 3.63) is 0 Å². The molecule has 0 bridgehead atoms. The number of phosphoric ester groups is 2. The van der Waals surface area contributed by atoms with Gasteiger partial charge in [0, 0.05) is 25.7 Å². The molecular formula is C74H144O17P2. The van der Waals surface area contributed by atoms with Crippen molar-refractivity contribution in [1.82, 2.24) is 0 Å². The second-order valence-corrected chi connectivity index (χ2v) is 31.0. The second kappa shape index (κ2) is 64.7. The van der Waals surface area contributed by atoms with Crippen LogP contribution in [0.25, 0.3) is 0 Å². The van der Waals surface area contributed by atoms with Gasteiger partial charge in [0.1, 0.15) is 19.3 Å². The first kappa shape index (κ1) is 91.1. The SMILES string of the molecule is CCCCCCCCCCCCCCC(=O)O[C@H](COC(=O)CCCCCCCCCC(C)C)COP(=O)(O)OC[C@H](O)COP(=O)(O)OC[C@@H](COC(=O)CCCCCCCCCCCCCC(C)C)OC(=O)CCCCCCCCCCCCCCCCC(C)C. The Morgan fingerprint density at radius 1 is 0.290 bits per heavy atom. The van der Waals surface area contributed by atoms with Crippen molar-refractivity contribution < 1.29 is 80.2 Å². The van der Waals surface area contributed by atoms with Crippen molar-refractivity contribution in [2.45, 2.75) is 394 Å². The number of hydrogen-bond donors (Lipinski definition) is 3. The monoisotopic (exact) mass is 1370 g/mol. The Hall–Kier alpha value is -1.94. The Labute approximate surface area is 568 Å². The average molecular weight is 1370 g/mol. The van der Waals surface area contributed by atoms with E-state index in [1.165, 1.54) is 180 Å². The third kappa shape index (κ3) is 68.4. The van der Waals surface area contributed by atoms with Gasteiger partial charge in [-0.25, -0.2) is 9.13 Å². The molecule has 0 aromatic heterocycles. The summed E-state index contributed by atoms with van der Waals surface area (Å²) in [4.78, 5) is 72.7. The van der Waals surface area contributed by atoms with Crippen LogP contribution < -0.4 is 0 Å². The van der Waals surface area contributed by atoms with E-state index < -0.39 is 97.5 Å². The van der Waals surface area contributed by atoms with Crippen LogP contribution in [-0.4, -0.2) is 96.7 Å². The van der Waals surface area contributed by atoms with E-state index in [9.17, 15) is 43.2 Å².